The summed E-state index contributed by atoms with van der Waals surface area (Å²) >= 11 is 3.35. The van der Waals surface area contributed by atoms with E-state index in [4.69, 9.17) is 9.47 Å². The van der Waals surface area contributed by atoms with E-state index in [1.54, 1.807) is 48.5 Å². The van der Waals surface area contributed by atoms with Gasteiger partial charge in [0.05, 0.1) is 12.2 Å². The van der Waals surface area contributed by atoms with Crippen molar-refractivity contribution in [1.29, 1.82) is 0 Å². The molecule has 2 N–H and O–H groups in total. The van der Waals surface area contributed by atoms with Gasteiger partial charge < -0.3 is 9.47 Å². The molecule has 2 amide bonds. The minimum Gasteiger partial charge on any atom is -0.492 e. The molecular formula is C21H23BrN2O4. The van der Waals surface area contributed by atoms with Crippen molar-refractivity contribution in [1.82, 2.24) is 10.9 Å². The largest absolute Gasteiger partial charge is 0.492 e. The zero-order chi connectivity index (χ0) is 20.5. The number of amides is 2. The third-order valence-electron chi connectivity index (χ3n) is 3.53. The van der Waals surface area contributed by atoms with Crippen molar-refractivity contribution in [3.63, 3.8) is 0 Å². The van der Waals surface area contributed by atoms with Gasteiger partial charge in [-0.05, 0) is 48.4 Å². The van der Waals surface area contributed by atoms with Gasteiger partial charge in [0.1, 0.15) is 18.1 Å². The summed E-state index contributed by atoms with van der Waals surface area (Å²) in [6, 6.07) is 11.7. The summed E-state index contributed by atoms with van der Waals surface area (Å²) in [6.07, 6.45) is 1.64. The molecule has 0 aliphatic carbocycles. The van der Waals surface area contributed by atoms with E-state index in [2.05, 4.69) is 33.4 Å². The number of carbonyl (C=O) groups excluding carboxylic acids is 2. The van der Waals surface area contributed by atoms with Crippen LogP contribution in [0.1, 0.15) is 34.6 Å². The maximum atomic E-state index is 12.5. The molecule has 0 atom stereocenters. The van der Waals surface area contributed by atoms with Crippen LogP contribution in [0.15, 0.2) is 59.6 Å². The van der Waals surface area contributed by atoms with Gasteiger partial charge in [0, 0.05) is 10.0 Å². The Bertz CT molecular complexity index is 835. The van der Waals surface area contributed by atoms with Gasteiger partial charge in [-0.15, -0.1) is 0 Å². The molecule has 0 unspecified atom stereocenters. The van der Waals surface area contributed by atoms with E-state index in [-0.39, 0.29) is 0 Å². The van der Waals surface area contributed by atoms with Crippen LogP contribution in [0.5, 0.6) is 11.5 Å². The lowest BCUT2D eigenvalue weighted by atomic mass is 10.2. The number of carbonyl (C=O) groups is 2. The van der Waals surface area contributed by atoms with Crippen molar-refractivity contribution in [2.45, 2.75) is 13.8 Å². The van der Waals surface area contributed by atoms with Crippen LogP contribution in [0.3, 0.4) is 0 Å². The molecular weight excluding hydrogens is 424 g/mol. The van der Waals surface area contributed by atoms with E-state index in [1.807, 2.05) is 13.8 Å². The molecule has 6 nitrogen and oxygen atoms in total. The molecule has 28 heavy (non-hydrogen) atoms. The average Bonchev–Trinajstić information content (AvgIpc) is 2.69. The first kappa shape index (κ1) is 21.5. The van der Waals surface area contributed by atoms with Gasteiger partial charge in [0.2, 0.25) is 0 Å². The van der Waals surface area contributed by atoms with Crippen LogP contribution < -0.4 is 20.3 Å². The molecule has 0 bridgehead atoms. The number of rotatable bonds is 8. The average molecular weight is 447 g/mol. The second-order valence-corrected chi connectivity index (χ2v) is 7.29. The van der Waals surface area contributed by atoms with Crippen LogP contribution >= 0.6 is 15.9 Å². The summed E-state index contributed by atoms with van der Waals surface area (Å²) in [4.78, 5) is 24.8. The molecule has 2 aromatic carbocycles. The third-order valence-corrected chi connectivity index (χ3v) is 4.03. The van der Waals surface area contributed by atoms with Crippen molar-refractivity contribution >= 4 is 27.7 Å². The van der Waals surface area contributed by atoms with Crippen molar-refractivity contribution in [2.75, 3.05) is 13.2 Å². The lowest BCUT2D eigenvalue weighted by Gasteiger charge is -2.14. The first-order valence-corrected chi connectivity index (χ1v) is 9.56. The topological polar surface area (TPSA) is 76.7 Å². The number of benzene rings is 2. The third kappa shape index (κ3) is 6.42. The van der Waals surface area contributed by atoms with E-state index >= 15 is 0 Å². The van der Waals surface area contributed by atoms with E-state index in [0.29, 0.717) is 41.8 Å². The van der Waals surface area contributed by atoms with Gasteiger partial charge >= 0.3 is 0 Å². The number of nitrogens with one attached hydrogen (secondary N) is 2. The molecule has 148 valence electrons. The van der Waals surface area contributed by atoms with Gasteiger partial charge in [0.25, 0.3) is 11.8 Å². The van der Waals surface area contributed by atoms with Gasteiger partial charge in [0.15, 0.2) is 0 Å². The second-order valence-electron chi connectivity index (χ2n) is 6.38. The lowest BCUT2D eigenvalue weighted by molar-refractivity contribution is 0.0844. The predicted octanol–water partition coefficient (Wildman–Crippen LogP) is 4.12. The predicted molar refractivity (Wildman–Crippen MR) is 112 cm³/mol. The number of halogens is 1. The lowest BCUT2D eigenvalue weighted by Crippen LogP contribution is -2.41. The van der Waals surface area contributed by atoms with Crippen LogP contribution in [-0.4, -0.2) is 25.0 Å². The standard InChI is InChI=1S/C21H23BrN2O4/c1-4-11-27-17-8-5-15(6-9-17)20(25)23-24-21(26)18-12-16(22)7-10-19(18)28-13-14(2)3/h4-10,12,14H,1,11,13H2,2-3H3,(H,23,25)(H,24,26). The van der Waals surface area contributed by atoms with Crippen molar-refractivity contribution in [2.24, 2.45) is 5.92 Å². The summed E-state index contributed by atoms with van der Waals surface area (Å²) in [5.74, 6) is 0.481. The zero-order valence-corrected chi connectivity index (χ0v) is 17.4. The van der Waals surface area contributed by atoms with Gasteiger partial charge in [-0.2, -0.15) is 0 Å². The Morgan fingerprint density at radius 1 is 1.07 bits per heavy atom. The fourth-order valence-corrected chi connectivity index (χ4v) is 2.53. The molecule has 0 saturated heterocycles. The molecule has 0 fully saturated rings. The zero-order valence-electron chi connectivity index (χ0n) is 15.8. The number of hydrogen-bond donors (Lipinski definition) is 2. The van der Waals surface area contributed by atoms with Crippen LogP contribution in [-0.2, 0) is 0 Å². The van der Waals surface area contributed by atoms with E-state index in [0.717, 1.165) is 4.47 Å². The van der Waals surface area contributed by atoms with E-state index in [9.17, 15) is 9.59 Å². The highest BCUT2D eigenvalue weighted by Crippen LogP contribution is 2.23. The van der Waals surface area contributed by atoms with Gasteiger partial charge in [-0.1, -0.05) is 42.4 Å². The molecule has 0 spiro atoms. The number of hydrogen-bond acceptors (Lipinski definition) is 4. The minimum absolute atomic E-state index is 0.317. The molecule has 0 heterocycles. The fourth-order valence-electron chi connectivity index (χ4n) is 2.17. The smallest absolute Gasteiger partial charge is 0.273 e. The van der Waals surface area contributed by atoms with E-state index < -0.39 is 11.8 Å². The molecule has 0 saturated carbocycles. The quantitative estimate of drug-likeness (QED) is 0.472. The van der Waals surface area contributed by atoms with Crippen LogP contribution in [0, 0.1) is 5.92 Å². The summed E-state index contributed by atoms with van der Waals surface area (Å²) in [5.41, 5.74) is 5.53. The first-order chi connectivity index (χ1) is 13.4. The minimum atomic E-state index is -0.473. The monoisotopic (exact) mass is 446 g/mol. The van der Waals surface area contributed by atoms with E-state index in [1.165, 1.54) is 0 Å². The summed E-state index contributed by atoms with van der Waals surface area (Å²) in [6.45, 7) is 8.48. The maximum Gasteiger partial charge on any atom is 0.273 e. The molecule has 7 heteroatoms. The Hall–Kier alpha value is -2.80. The highest BCUT2D eigenvalue weighted by atomic mass is 79.9. The van der Waals surface area contributed by atoms with Crippen molar-refractivity contribution < 1.29 is 19.1 Å². The second kappa shape index (κ2) is 10.5. The normalized spacial score (nSPS) is 10.3. The van der Waals surface area contributed by atoms with Crippen LogP contribution in [0.2, 0.25) is 0 Å². The molecule has 2 aromatic rings. The number of ether oxygens (including phenoxy) is 2. The van der Waals surface area contributed by atoms with Gasteiger partial charge in [-0.3, -0.25) is 20.4 Å². The Labute approximate surface area is 173 Å². The highest BCUT2D eigenvalue weighted by Gasteiger charge is 2.15. The van der Waals surface area contributed by atoms with Gasteiger partial charge in [-0.25, -0.2) is 0 Å². The Balaban J connectivity index is 2.00. The number of hydrazine groups is 1. The SMILES string of the molecule is C=CCOc1ccc(C(=O)NNC(=O)c2cc(Br)ccc2OCC(C)C)cc1. The Morgan fingerprint density at radius 2 is 1.75 bits per heavy atom. The van der Waals surface area contributed by atoms with Crippen molar-refractivity contribution in [3.05, 3.63) is 70.7 Å². The molecule has 0 aromatic heterocycles. The Morgan fingerprint density at radius 3 is 2.39 bits per heavy atom. The van der Waals surface area contributed by atoms with Crippen LogP contribution in [0.25, 0.3) is 0 Å². The molecule has 0 radical (unpaired) electrons. The highest BCUT2D eigenvalue weighted by molar-refractivity contribution is 9.10. The first-order valence-electron chi connectivity index (χ1n) is 8.77. The molecule has 2 rings (SSSR count). The summed E-state index contributed by atoms with van der Waals surface area (Å²) in [7, 11) is 0. The summed E-state index contributed by atoms with van der Waals surface area (Å²) in [5, 5.41) is 0. The van der Waals surface area contributed by atoms with Crippen LogP contribution in [0.4, 0.5) is 0 Å². The molecule has 0 aliphatic rings. The van der Waals surface area contributed by atoms with Crippen molar-refractivity contribution in [3.8, 4) is 11.5 Å². The Kier molecular flexibility index (Phi) is 8.07. The fraction of sp³-hybridized carbons (Fsp3) is 0.238. The molecule has 0 aliphatic heterocycles. The maximum absolute atomic E-state index is 12.5. The summed E-state index contributed by atoms with van der Waals surface area (Å²) < 4.78 is 11.8.